The molecule has 0 aliphatic carbocycles. The zero-order valence-corrected chi connectivity index (χ0v) is 18.6. The summed E-state index contributed by atoms with van der Waals surface area (Å²) in [5.41, 5.74) is 3.46. The number of carbonyl (C=O) groups is 1. The second-order valence-electron chi connectivity index (χ2n) is 7.17. The third-order valence-corrected chi connectivity index (χ3v) is 7.75. The van der Waals surface area contributed by atoms with E-state index in [9.17, 15) is 13.2 Å². The van der Waals surface area contributed by atoms with Crippen LogP contribution in [0.1, 0.15) is 15.9 Å². The van der Waals surface area contributed by atoms with Crippen LogP contribution in [0.3, 0.4) is 0 Å². The third-order valence-electron chi connectivity index (χ3n) is 4.97. The van der Waals surface area contributed by atoms with Gasteiger partial charge in [-0.05, 0) is 60.3 Å². The number of hydrogen-bond donors (Lipinski definition) is 2. The number of thiophene rings is 1. The van der Waals surface area contributed by atoms with Crippen molar-refractivity contribution in [1.82, 2.24) is 0 Å². The van der Waals surface area contributed by atoms with Gasteiger partial charge in [-0.15, -0.1) is 11.3 Å². The maximum atomic E-state index is 12.8. The Morgan fingerprint density at radius 2 is 1.87 bits per heavy atom. The second-order valence-corrected chi connectivity index (χ2v) is 10.0. The number of carbonyl (C=O) groups excluding carboxylic acids is 1. The number of aryl methyl sites for hydroxylation is 1. The Labute approximate surface area is 185 Å². The zero-order valence-electron chi connectivity index (χ0n) is 17.0. The predicted octanol–water partition coefficient (Wildman–Crippen LogP) is 3.95. The molecule has 1 amide bonds. The molecule has 1 aliphatic heterocycles. The Morgan fingerprint density at radius 3 is 2.58 bits per heavy atom. The molecule has 2 heterocycles. The number of ether oxygens (including phenoxy) is 1. The van der Waals surface area contributed by atoms with Gasteiger partial charge in [0.2, 0.25) is 0 Å². The molecule has 7 nitrogen and oxygen atoms in total. The Morgan fingerprint density at radius 1 is 1.06 bits per heavy atom. The molecule has 4 rings (SSSR count). The fourth-order valence-corrected chi connectivity index (χ4v) is 5.39. The van der Waals surface area contributed by atoms with Crippen LogP contribution in [0.25, 0.3) is 0 Å². The first-order valence-electron chi connectivity index (χ1n) is 9.83. The topological polar surface area (TPSA) is 87.7 Å². The lowest BCUT2D eigenvalue weighted by atomic mass is 10.1. The van der Waals surface area contributed by atoms with Crippen LogP contribution in [-0.4, -0.2) is 40.6 Å². The summed E-state index contributed by atoms with van der Waals surface area (Å²) in [5, 5.41) is 4.62. The molecule has 1 saturated heterocycles. The summed E-state index contributed by atoms with van der Waals surface area (Å²) in [6.07, 6.45) is 0. The van der Waals surface area contributed by atoms with Crippen LogP contribution >= 0.6 is 11.3 Å². The number of nitrogens with zero attached hydrogens (tertiary/aromatic N) is 1. The molecule has 0 atom stereocenters. The number of benzene rings is 2. The molecule has 0 bridgehead atoms. The van der Waals surface area contributed by atoms with E-state index in [1.54, 1.807) is 29.6 Å². The van der Waals surface area contributed by atoms with Crippen LogP contribution in [0.5, 0.6) is 0 Å². The highest BCUT2D eigenvalue weighted by Gasteiger charge is 2.17. The Bertz CT molecular complexity index is 1170. The van der Waals surface area contributed by atoms with Crippen LogP contribution in [0.4, 0.5) is 17.1 Å². The van der Waals surface area contributed by atoms with Gasteiger partial charge < -0.3 is 15.0 Å². The standard InChI is InChI=1S/C22H23N3O4S2/c1-16-14-19(25-9-11-29-12-10-25)7-8-20(16)23-22(26)17-4-2-5-18(15-17)24-31(27,28)21-6-3-13-30-21/h2-8,13-15,24H,9-12H2,1H3,(H,23,26). The Hall–Kier alpha value is -2.88. The Balaban J connectivity index is 1.47. The van der Waals surface area contributed by atoms with Crippen LogP contribution in [-0.2, 0) is 14.8 Å². The van der Waals surface area contributed by atoms with Gasteiger partial charge in [0.1, 0.15) is 4.21 Å². The van der Waals surface area contributed by atoms with E-state index in [-0.39, 0.29) is 10.1 Å². The molecule has 9 heteroatoms. The van der Waals surface area contributed by atoms with Crippen LogP contribution in [0, 0.1) is 6.92 Å². The SMILES string of the molecule is Cc1cc(N2CCOCC2)ccc1NC(=O)c1cccc(NS(=O)(=O)c2cccs2)c1. The van der Waals surface area contributed by atoms with Crippen molar-refractivity contribution < 1.29 is 17.9 Å². The maximum absolute atomic E-state index is 12.8. The number of rotatable bonds is 6. The van der Waals surface area contributed by atoms with Gasteiger partial charge in [0.25, 0.3) is 15.9 Å². The minimum atomic E-state index is -3.67. The van der Waals surface area contributed by atoms with Gasteiger partial charge in [-0.1, -0.05) is 12.1 Å². The van der Waals surface area contributed by atoms with E-state index in [4.69, 9.17) is 4.74 Å². The van der Waals surface area contributed by atoms with E-state index < -0.39 is 10.0 Å². The molecule has 3 aromatic rings. The lowest BCUT2D eigenvalue weighted by Gasteiger charge is -2.29. The van der Waals surface area contributed by atoms with Gasteiger partial charge in [-0.2, -0.15) is 0 Å². The fourth-order valence-electron chi connectivity index (χ4n) is 3.35. The largest absolute Gasteiger partial charge is 0.378 e. The van der Waals surface area contributed by atoms with E-state index in [1.807, 2.05) is 25.1 Å². The summed E-state index contributed by atoms with van der Waals surface area (Å²) in [6.45, 7) is 5.07. The van der Waals surface area contributed by atoms with Crippen molar-refractivity contribution in [2.45, 2.75) is 11.1 Å². The van der Waals surface area contributed by atoms with Crippen molar-refractivity contribution in [2.75, 3.05) is 41.2 Å². The molecule has 0 spiro atoms. The number of morpholine rings is 1. The molecular formula is C22H23N3O4S2. The molecule has 1 aliphatic rings. The summed E-state index contributed by atoms with van der Waals surface area (Å²) >= 11 is 1.13. The molecule has 1 fully saturated rings. The maximum Gasteiger partial charge on any atom is 0.271 e. The number of amides is 1. The summed E-state index contributed by atoms with van der Waals surface area (Å²) in [6, 6.07) is 15.6. The van der Waals surface area contributed by atoms with E-state index >= 15 is 0 Å². The lowest BCUT2D eigenvalue weighted by Crippen LogP contribution is -2.36. The normalized spacial score (nSPS) is 14.3. The molecule has 0 saturated carbocycles. The molecule has 0 radical (unpaired) electrons. The van der Waals surface area contributed by atoms with E-state index in [2.05, 4.69) is 14.9 Å². The predicted molar refractivity (Wildman–Crippen MR) is 124 cm³/mol. The van der Waals surface area contributed by atoms with E-state index in [0.29, 0.717) is 30.2 Å². The van der Waals surface area contributed by atoms with Crippen molar-refractivity contribution in [3.63, 3.8) is 0 Å². The van der Waals surface area contributed by atoms with Crippen molar-refractivity contribution in [2.24, 2.45) is 0 Å². The molecule has 162 valence electrons. The number of sulfonamides is 1. The second kappa shape index (κ2) is 9.09. The summed E-state index contributed by atoms with van der Waals surface area (Å²) in [4.78, 5) is 15.0. The Kier molecular flexibility index (Phi) is 6.26. The monoisotopic (exact) mass is 457 g/mol. The van der Waals surface area contributed by atoms with Gasteiger partial charge in [-0.3, -0.25) is 9.52 Å². The third kappa shape index (κ3) is 5.07. The van der Waals surface area contributed by atoms with Crippen LogP contribution < -0.4 is 14.9 Å². The van der Waals surface area contributed by atoms with Crippen molar-refractivity contribution in [1.29, 1.82) is 0 Å². The summed E-state index contributed by atoms with van der Waals surface area (Å²) in [7, 11) is -3.67. The minimum absolute atomic E-state index is 0.221. The van der Waals surface area contributed by atoms with Gasteiger partial charge in [-0.25, -0.2) is 8.42 Å². The molecular weight excluding hydrogens is 434 g/mol. The van der Waals surface area contributed by atoms with Crippen molar-refractivity contribution in [3.8, 4) is 0 Å². The minimum Gasteiger partial charge on any atom is -0.378 e. The average Bonchev–Trinajstić information content (AvgIpc) is 3.32. The number of anilines is 3. The summed E-state index contributed by atoms with van der Waals surface area (Å²) in [5.74, 6) is -0.306. The zero-order chi connectivity index (χ0) is 21.8. The van der Waals surface area contributed by atoms with Crippen molar-refractivity contribution in [3.05, 3.63) is 71.1 Å². The first-order valence-corrected chi connectivity index (χ1v) is 12.2. The highest BCUT2D eigenvalue weighted by atomic mass is 32.2. The smallest absolute Gasteiger partial charge is 0.271 e. The van der Waals surface area contributed by atoms with Crippen LogP contribution in [0.2, 0.25) is 0 Å². The molecule has 2 N–H and O–H groups in total. The van der Waals surface area contributed by atoms with Crippen molar-refractivity contribution >= 4 is 44.3 Å². The van der Waals surface area contributed by atoms with Gasteiger partial charge >= 0.3 is 0 Å². The quantitative estimate of drug-likeness (QED) is 0.585. The molecule has 31 heavy (non-hydrogen) atoms. The number of hydrogen-bond acceptors (Lipinski definition) is 6. The van der Waals surface area contributed by atoms with Crippen LogP contribution in [0.15, 0.2) is 64.2 Å². The highest BCUT2D eigenvalue weighted by Crippen LogP contribution is 2.25. The first kappa shape index (κ1) is 21.4. The van der Waals surface area contributed by atoms with Gasteiger partial charge in [0.05, 0.1) is 13.2 Å². The van der Waals surface area contributed by atoms with E-state index in [1.165, 1.54) is 12.1 Å². The average molecular weight is 458 g/mol. The first-order chi connectivity index (χ1) is 14.9. The highest BCUT2D eigenvalue weighted by molar-refractivity contribution is 7.94. The van der Waals surface area contributed by atoms with E-state index in [0.717, 1.165) is 35.7 Å². The lowest BCUT2D eigenvalue weighted by molar-refractivity contribution is 0.102. The van der Waals surface area contributed by atoms with Gasteiger partial charge in [0, 0.05) is 35.7 Å². The fraction of sp³-hybridized carbons (Fsp3) is 0.227. The number of nitrogens with one attached hydrogen (secondary N) is 2. The molecule has 0 unspecified atom stereocenters. The van der Waals surface area contributed by atoms with Gasteiger partial charge in [0.15, 0.2) is 0 Å². The summed E-state index contributed by atoms with van der Waals surface area (Å²) < 4.78 is 33.0. The molecule has 2 aromatic carbocycles. The molecule has 1 aromatic heterocycles.